The van der Waals surface area contributed by atoms with Crippen molar-refractivity contribution in [3.8, 4) is 33.7 Å². The lowest BCUT2D eigenvalue weighted by Gasteiger charge is -2.40. The number of nitrogens with zero attached hydrogens (tertiary/aromatic N) is 6. The van der Waals surface area contributed by atoms with Gasteiger partial charge in [-0.2, -0.15) is 10.5 Å². The minimum atomic E-state index is -0.444. The minimum absolute atomic E-state index is 0.162. The summed E-state index contributed by atoms with van der Waals surface area (Å²) in [4.78, 5) is 13.6. The summed E-state index contributed by atoms with van der Waals surface area (Å²) in [5.74, 6) is 0.636. The van der Waals surface area contributed by atoms with Crippen molar-refractivity contribution >= 4 is 65.0 Å². The Balaban J connectivity index is 1.69. The Labute approximate surface area is 195 Å². The first-order valence-electron chi connectivity index (χ1n) is 9.76. The molecular formula is C22H12N6OS3. The van der Waals surface area contributed by atoms with Crippen LogP contribution in [0.4, 0.5) is 10.0 Å². The zero-order valence-corrected chi connectivity index (χ0v) is 19.0. The van der Waals surface area contributed by atoms with Gasteiger partial charge in [0.2, 0.25) is 10.7 Å². The first-order valence-corrected chi connectivity index (χ1v) is 12.2. The fraction of sp³-hybridized carbons (Fsp3) is 0.273. The van der Waals surface area contributed by atoms with Gasteiger partial charge in [0.1, 0.15) is 28.8 Å². The van der Waals surface area contributed by atoms with Crippen molar-refractivity contribution < 1.29 is 4.74 Å². The van der Waals surface area contributed by atoms with Crippen molar-refractivity contribution in [2.45, 2.75) is 37.7 Å². The molecule has 3 aromatic heterocycles. The van der Waals surface area contributed by atoms with Crippen LogP contribution in [0.3, 0.4) is 0 Å². The molecule has 154 valence electrons. The molecule has 0 radical (unpaired) electrons. The highest BCUT2D eigenvalue weighted by Gasteiger charge is 2.45. The van der Waals surface area contributed by atoms with Crippen LogP contribution in [0.25, 0.3) is 24.0 Å². The topological polar surface area (TPSA) is 110 Å². The van der Waals surface area contributed by atoms with Crippen LogP contribution in [0, 0.1) is 40.6 Å². The number of rotatable bonds is 2. The molecule has 10 heteroatoms. The van der Waals surface area contributed by atoms with E-state index in [0.717, 1.165) is 56.2 Å². The summed E-state index contributed by atoms with van der Waals surface area (Å²) in [5.41, 5.74) is 0.487. The van der Waals surface area contributed by atoms with E-state index in [2.05, 4.69) is 14.8 Å². The van der Waals surface area contributed by atoms with Gasteiger partial charge in [0.25, 0.3) is 0 Å². The van der Waals surface area contributed by atoms with E-state index in [4.69, 9.17) is 27.1 Å². The van der Waals surface area contributed by atoms with Gasteiger partial charge in [0.05, 0.1) is 19.2 Å². The van der Waals surface area contributed by atoms with Crippen LogP contribution in [-0.2, 0) is 5.60 Å². The summed E-state index contributed by atoms with van der Waals surface area (Å²) in [7, 11) is 0. The van der Waals surface area contributed by atoms with Crippen molar-refractivity contribution in [1.82, 2.24) is 0 Å². The Morgan fingerprint density at radius 3 is 2.41 bits per heavy atom. The summed E-state index contributed by atoms with van der Waals surface area (Å²) < 4.78 is 8.72. The van der Waals surface area contributed by atoms with Crippen molar-refractivity contribution in [3.63, 3.8) is 0 Å². The van der Waals surface area contributed by atoms with E-state index in [0.29, 0.717) is 10.0 Å². The molecule has 32 heavy (non-hydrogen) atoms. The van der Waals surface area contributed by atoms with Crippen LogP contribution >= 0.6 is 34.0 Å². The molecule has 0 atom stereocenters. The molecule has 7 nitrogen and oxygen atoms in total. The summed E-state index contributed by atoms with van der Waals surface area (Å²) >= 11 is 4.48. The molecule has 0 N–H and O–H groups in total. The molecule has 4 heterocycles. The molecule has 2 aliphatic rings. The van der Waals surface area contributed by atoms with E-state index in [1.54, 1.807) is 17.4 Å². The Kier molecular flexibility index (Phi) is 5.00. The molecule has 0 amide bonds. The predicted molar refractivity (Wildman–Crippen MR) is 126 cm³/mol. The van der Waals surface area contributed by atoms with Crippen molar-refractivity contribution in [2.75, 3.05) is 0 Å². The molecule has 0 bridgehead atoms. The maximum absolute atomic E-state index is 9.11. The third-order valence-corrected chi connectivity index (χ3v) is 9.01. The van der Waals surface area contributed by atoms with Crippen LogP contribution in [0.2, 0.25) is 0 Å². The molecule has 0 aromatic carbocycles. The molecule has 1 aliphatic carbocycles. The molecule has 1 saturated carbocycles. The summed E-state index contributed by atoms with van der Waals surface area (Å²) in [5, 5.41) is 28.5. The first kappa shape index (κ1) is 20.4. The first-order chi connectivity index (χ1) is 15.6. The SMILES string of the molecule is [C-]#[N+]/C(C#N)=N/c1cc2sc3c(c2s1)OC1(CCCCC1)c1cc(N=C(C#N)C#N)sc1-3. The molecular weight excluding hydrogens is 460 g/mol. The van der Waals surface area contributed by atoms with Crippen LogP contribution in [0.5, 0.6) is 5.75 Å². The van der Waals surface area contributed by atoms with E-state index in [1.807, 2.05) is 24.3 Å². The molecule has 1 fully saturated rings. The minimum Gasteiger partial charge on any atom is -0.479 e. The molecule has 1 spiro atoms. The second-order valence-corrected chi connectivity index (χ2v) is 10.5. The predicted octanol–water partition coefficient (Wildman–Crippen LogP) is 6.84. The third kappa shape index (κ3) is 3.18. The van der Waals surface area contributed by atoms with Gasteiger partial charge in [0.15, 0.2) is 5.75 Å². The monoisotopic (exact) mass is 472 g/mol. The lowest BCUT2D eigenvalue weighted by molar-refractivity contribution is 0.0267. The quantitative estimate of drug-likeness (QED) is 0.231. The number of aliphatic imine (C=N–C) groups is 2. The lowest BCUT2D eigenvalue weighted by atomic mass is 9.78. The van der Waals surface area contributed by atoms with Crippen LogP contribution < -0.4 is 4.74 Å². The second kappa shape index (κ2) is 7.86. The van der Waals surface area contributed by atoms with Crippen molar-refractivity contribution in [2.24, 2.45) is 9.98 Å². The number of amidine groups is 1. The molecule has 3 aromatic rings. The van der Waals surface area contributed by atoms with E-state index in [9.17, 15) is 0 Å². The Hall–Kier alpha value is -3.54. The summed E-state index contributed by atoms with van der Waals surface area (Å²) in [6, 6.07) is 9.33. The number of thiophene rings is 3. The van der Waals surface area contributed by atoms with Gasteiger partial charge in [-0.05, 0) is 31.7 Å². The number of hydrogen-bond acceptors (Lipinski definition) is 9. The summed E-state index contributed by atoms with van der Waals surface area (Å²) in [6.07, 6.45) is 5.09. The van der Waals surface area contributed by atoms with Crippen molar-refractivity contribution in [1.29, 1.82) is 15.8 Å². The van der Waals surface area contributed by atoms with Gasteiger partial charge >= 0.3 is 5.84 Å². The maximum Gasteiger partial charge on any atom is 0.350 e. The second-order valence-electron chi connectivity index (χ2n) is 7.37. The Morgan fingerprint density at radius 2 is 1.72 bits per heavy atom. The molecule has 0 unspecified atom stereocenters. The molecule has 1 aliphatic heterocycles. The van der Waals surface area contributed by atoms with E-state index >= 15 is 0 Å². The van der Waals surface area contributed by atoms with Gasteiger partial charge in [-0.15, -0.1) is 22.7 Å². The van der Waals surface area contributed by atoms with Gasteiger partial charge < -0.3 is 9.58 Å². The van der Waals surface area contributed by atoms with Crippen molar-refractivity contribution in [3.05, 3.63) is 29.1 Å². The van der Waals surface area contributed by atoms with Crippen LogP contribution in [0.1, 0.15) is 37.7 Å². The average Bonchev–Trinajstić information content (AvgIpc) is 3.50. The normalized spacial score (nSPS) is 16.1. The zero-order chi connectivity index (χ0) is 22.3. The fourth-order valence-corrected chi connectivity index (χ4v) is 7.83. The highest BCUT2D eigenvalue weighted by atomic mass is 32.1. The highest BCUT2D eigenvalue weighted by Crippen LogP contribution is 2.61. The van der Waals surface area contributed by atoms with Gasteiger partial charge in [0, 0.05) is 11.6 Å². The van der Waals surface area contributed by atoms with Gasteiger partial charge in [-0.25, -0.2) is 10.3 Å². The smallest absolute Gasteiger partial charge is 0.350 e. The Bertz CT molecular complexity index is 1450. The maximum atomic E-state index is 9.11. The Morgan fingerprint density at radius 1 is 0.969 bits per heavy atom. The van der Waals surface area contributed by atoms with E-state index < -0.39 is 5.60 Å². The average molecular weight is 473 g/mol. The van der Waals surface area contributed by atoms with Gasteiger partial charge in [-0.1, -0.05) is 29.3 Å². The zero-order valence-electron chi connectivity index (χ0n) is 16.5. The fourth-order valence-electron chi connectivity index (χ4n) is 4.20. The lowest BCUT2D eigenvalue weighted by Crippen LogP contribution is -2.37. The standard InChI is InChI=1S/C22H12N6OS3/c1-26-15(11-25)28-17-8-14-20(32-17)18-21(30-14)19-13(22(29-18)5-3-2-4-6-22)7-16(31-19)27-12(9-23)10-24/h7-8H,2-6H2/b28-15+. The highest BCUT2D eigenvalue weighted by molar-refractivity contribution is 7.33. The largest absolute Gasteiger partial charge is 0.479 e. The van der Waals surface area contributed by atoms with Crippen LogP contribution in [-0.4, -0.2) is 11.5 Å². The number of fused-ring (bicyclic) bond motifs is 6. The number of ether oxygens (including phenoxy) is 1. The van der Waals surface area contributed by atoms with E-state index in [-0.39, 0.29) is 11.5 Å². The van der Waals surface area contributed by atoms with E-state index in [1.165, 1.54) is 29.1 Å². The number of nitriles is 3. The van der Waals surface area contributed by atoms with Gasteiger partial charge in [-0.3, -0.25) is 0 Å². The van der Waals surface area contributed by atoms with Crippen LogP contribution in [0.15, 0.2) is 22.1 Å². The summed E-state index contributed by atoms with van der Waals surface area (Å²) in [6.45, 7) is 7.05. The molecule has 0 saturated heterocycles. The third-order valence-electron chi connectivity index (χ3n) is 5.54. The number of hydrogen-bond donors (Lipinski definition) is 0. The molecule has 5 rings (SSSR count).